The highest BCUT2D eigenvalue weighted by Gasteiger charge is 2.14. The number of benzene rings is 1. The molecule has 1 amide bonds. The van der Waals surface area contributed by atoms with Gasteiger partial charge in [-0.3, -0.25) is 4.79 Å². The van der Waals surface area contributed by atoms with Crippen LogP contribution in [0.25, 0.3) is 0 Å². The molecule has 20 heavy (non-hydrogen) atoms. The Kier molecular flexibility index (Phi) is 7.09. The van der Waals surface area contributed by atoms with Crippen LogP contribution in [0, 0.1) is 12.8 Å². The first-order chi connectivity index (χ1) is 9.62. The van der Waals surface area contributed by atoms with Gasteiger partial charge in [-0.15, -0.1) is 0 Å². The van der Waals surface area contributed by atoms with Gasteiger partial charge in [0, 0.05) is 6.54 Å². The summed E-state index contributed by atoms with van der Waals surface area (Å²) in [5, 5.41) is 3.00. The highest BCUT2D eigenvalue weighted by Crippen LogP contribution is 2.19. The standard InChI is InChI=1S/C16H26N2O2/c1-4-5-13(8-9-17)11-18-16(19)14-10-12(2)6-7-15(14)20-3/h6-7,10,13H,4-5,8-9,11,17H2,1-3H3,(H,18,19). The average Bonchev–Trinajstić information content (AvgIpc) is 2.45. The third-order valence-electron chi connectivity index (χ3n) is 3.42. The van der Waals surface area contributed by atoms with E-state index in [0.29, 0.717) is 30.3 Å². The molecular formula is C16H26N2O2. The lowest BCUT2D eigenvalue weighted by molar-refractivity contribution is 0.0942. The number of carbonyl (C=O) groups excluding carboxylic acids is 1. The third-order valence-corrected chi connectivity index (χ3v) is 3.42. The Hall–Kier alpha value is -1.55. The minimum Gasteiger partial charge on any atom is -0.496 e. The lowest BCUT2D eigenvalue weighted by Crippen LogP contribution is -2.30. The number of rotatable bonds is 8. The fourth-order valence-corrected chi connectivity index (χ4v) is 2.32. The van der Waals surface area contributed by atoms with Crippen molar-refractivity contribution in [2.45, 2.75) is 33.1 Å². The molecule has 0 heterocycles. The van der Waals surface area contributed by atoms with E-state index < -0.39 is 0 Å². The van der Waals surface area contributed by atoms with E-state index >= 15 is 0 Å². The fourth-order valence-electron chi connectivity index (χ4n) is 2.32. The van der Waals surface area contributed by atoms with Crippen molar-refractivity contribution in [3.63, 3.8) is 0 Å². The zero-order chi connectivity index (χ0) is 15.0. The van der Waals surface area contributed by atoms with E-state index in [1.807, 2.05) is 25.1 Å². The van der Waals surface area contributed by atoms with Crippen LogP contribution < -0.4 is 15.8 Å². The smallest absolute Gasteiger partial charge is 0.255 e. The van der Waals surface area contributed by atoms with Crippen LogP contribution >= 0.6 is 0 Å². The van der Waals surface area contributed by atoms with Crippen molar-refractivity contribution in [1.29, 1.82) is 0 Å². The summed E-state index contributed by atoms with van der Waals surface area (Å²) in [6.07, 6.45) is 3.13. The number of nitrogens with one attached hydrogen (secondary N) is 1. The van der Waals surface area contributed by atoms with Gasteiger partial charge in [0.1, 0.15) is 5.75 Å². The Morgan fingerprint density at radius 3 is 2.75 bits per heavy atom. The molecule has 112 valence electrons. The quantitative estimate of drug-likeness (QED) is 0.768. The van der Waals surface area contributed by atoms with E-state index in [-0.39, 0.29) is 5.91 Å². The number of hydrogen-bond acceptors (Lipinski definition) is 3. The molecule has 0 aliphatic rings. The first-order valence-corrected chi connectivity index (χ1v) is 7.25. The number of carbonyl (C=O) groups is 1. The van der Waals surface area contributed by atoms with Crippen LogP contribution in [-0.2, 0) is 0 Å². The summed E-state index contributed by atoms with van der Waals surface area (Å²) in [7, 11) is 1.58. The minimum absolute atomic E-state index is 0.0799. The lowest BCUT2D eigenvalue weighted by atomic mass is 9.99. The molecule has 4 heteroatoms. The number of methoxy groups -OCH3 is 1. The predicted octanol–water partition coefficient (Wildman–Crippen LogP) is 2.50. The van der Waals surface area contributed by atoms with Crippen LogP contribution in [0.1, 0.15) is 42.1 Å². The second-order valence-corrected chi connectivity index (χ2v) is 5.15. The predicted molar refractivity (Wildman–Crippen MR) is 82.1 cm³/mol. The maximum Gasteiger partial charge on any atom is 0.255 e. The summed E-state index contributed by atoms with van der Waals surface area (Å²) in [6.45, 7) is 5.44. The van der Waals surface area contributed by atoms with Gasteiger partial charge in [-0.25, -0.2) is 0 Å². The average molecular weight is 278 g/mol. The van der Waals surface area contributed by atoms with E-state index in [1.165, 1.54) is 0 Å². The summed E-state index contributed by atoms with van der Waals surface area (Å²) >= 11 is 0. The van der Waals surface area contributed by atoms with Gasteiger partial charge in [-0.05, 0) is 44.4 Å². The summed E-state index contributed by atoms with van der Waals surface area (Å²) in [6, 6.07) is 5.61. The molecule has 1 rings (SSSR count). The molecule has 3 N–H and O–H groups in total. The topological polar surface area (TPSA) is 64.3 Å². The van der Waals surface area contributed by atoms with Gasteiger partial charge >= 0.3 is 0 Å². The van der Waals surface area contributed by atoms with E-state index in [9.17, 15) is 4.79 Å². The van der Waals surface area contributed by atoms with E-state index in [0.717, 1.165) is 24.8 Å². The zero-order valence-electron chi connectivity index (χ0n) is 12.7. The molecule has 0 bridgehead atoms. The Bertz CT molecular complexity index is 426. The molecule has 0 spiro atoms. The van der Waals surface area contributed by atoms with Gasteiger partial charge in [0.2, 0.25) is 0 Å². The summed E-state index contributed by atoms with van der Waals surface area (Å²) in [5.74, 6) is 0.979. The highest BCUT2D eigenvalue weighted by molar-refractivity contribution is 5.97. The van der Waals surface area contributed by atoms with Crippen LogP contribution in [0.2, 0.25) is 0 Å². The molecule has 1 atom stereocenters. The van der Waals surface area contributed by atoms with Crippen molar-refractivity contribution in [2.75, 3.05) is 20.2 Å². The molecule has 0 fully saturated rings. The fraction of sp³-hybridized carbons (Fsp3) is 0.562. The van der Waals surface area contributed by atoms with Crippen molar-refractivity contribution >= 4 is 5.91 Å². The molecule has 1 aromatic rings. The normalized spacial score (nSPS) is 12.0. The zero-order valence-corrected chi connectivity index (χ0v) is 12.7. The summed E-state index contributed by atoms with van der Waals surface area (Å²) in [5.41, 5.74) is 7.25. The van der Waals surface area contributed by atoms with Crippen molar-refractivity contribution in [3.05, 3.63) is 29.3 Å². The van der Waals surface area contributed by atoms with Crippen molar-refractivity contribution in [2.24, 2.45) is 11.7 Å². The van der Waals surface area contributed by atoms with Crippen LogP contribution in [0.5, 0.6) is 5.75 Å². The SMILES string of the molecule is CCCC(CCN)CNC(=O)c1cc(C)ccc1OC. The van der Waals surface area contributed by atoms with Gasteiger partial charge in [0.05, 0.1) is 12.7 Å². The second kappa shape index (κ2) is 8.59. The number of nitrogens with two attached hydrogens (primary N) is 1. The van der Waals surface area contributed by atoms with Gasteiger partial charge in [-0.1, -0.05) is 25.0 Å². The number of aryl methyl sites for hydroxylation is 1. The number of ether oxygens (including phenoxy) is 1. The third kappa shape index (κ3) is 4.85. The monoisotopic (exact) mass is 278 g/mol. The highest BCUT2D eigenvalue weighted by atomic mass is 16.5. The molecule has 0 aliphatic heterocycles. The van der Waals surface area contributed by atoms with Gasteiger partial charge < -0.3 is 15.8 Å². The van der Waals surface area contributed by atoms with Crippen molar-refractivity contribution in [3.8, 4) is 5.75 Å². The van der Waals surface area contributed by atoms with Crippen LogP contribution in [0.3, 0.4) is 0 Å². The van der Waals surface area contributed by atoms with Crippen LogP contribution in [-0.4, -0.2) is 26.1 Å². The maximum atomic E-state index is 12.3. The van der Waals surface area contributed by atoms with E-state index in [2.05, 4.69) is 12.2 Å². The van der Waals surface area contributed by atoms with Gasteiger partial charge in [0.25, 0.3) is 5.91 Å². The first kappa shape index (κ1) is 16.5. The van der Waals surface area contributed by atoms with Crippen molar-refractivity contribution in [1.82, 2.24) is 5.32 Å². The van der Waals surface area contributed by atoms with E-state index in [1.54, 1.807) is 7.11 Å². The molecule has 1 aromatic carbocycles. The summed E-state index contributed by atoms with van der Waals surface area (Å²) in [4.78, 5) is 12.3. The second-order valence-electron chi connectivity index (χ2n) is 5.15. The first-order valence-electron chi connectivity index (χ1n) is 7.25. The van der Waals surface area contributed by atoms with Gasteiger partial charge in [0.15, 0.2) is 0 Å². The molecule has 0 saturated carbocycles. The molecular weight excluding hydrogens is 252 g/mol. The molecule has 1 unspecified atom stereocenters. The molecule has 0 saturated heterocycles. The van der Waals surface area contributed by atoms with E-state index in [4.69, 9.17) is 10.5 Å². The largest absolute Gasteiger partial charge is 0.496 e. The number of hydrogen-bond donors (Lipinski definition) is 2. The molecule has 0 aromatic heterocycles. The molecule has 0 radical (unpaired) electrons. The minimum atomic E-state index is -0.0799. The Morgan fingerprint density at radius 1 is 1.40 bits per heavy atom. The maximum absolute atomic E-state index is 12.3. The van der Waals surface area contributed by atoms with Crippen LogP contribution in [0.15, 0.2) is 18.2 Å². The van der Waals surface area contributed by atoms with Crippen LogP contribution in [0.4, 0.5) is 0 Å². The molecule has 0 aliphatic carbocycles. The lowest BCUT2D eigenvalue weighted by Gasteiger charge is -2.16. The Labute approximate surface area is 121 Å². The summed E-state index contributed by atoms with van der Waals surface area (Å²) < 4.78 is 5.24. The Morgan fingerprint density at radius 2 is 2.15 bits per heavy atom. The Balaban J connectivity index is 2.68. The van der Waals surface area contributed by atoms with Crippen molar-refractivity contribution < 1.29 is 9.53 Å². The number of amides is 1. The molecule has 4 nitrogen and oxygen atoms in total. The van der Waals surface area contributed by atoms with Gasteiger partial charge in [-0.2, -0.15) is 0 Å².